The van der Waals surface area contributed by atoms with Gasteiger partial charge in [0.2, 0.25) is 0 Å². The summed E-state index contributed by atoms with van der Waals surface area (Å²) in [5.74, 6) is 0. The molecular weight excluding hydrogens is 280 g/mol. The van der Waals surface area contributed by atoms with Crippen molar-refractivity contribution in [1.82, 2.24) is 0 Å². The number of hydrogen-bond acceptors (Lipinski definition) is 0. The summed E-state index contributed by atoms with van der Waals surface area (Å²) in [6, 6.07) is 0. The van der Waals surface area contributed by atoms with Crippen LogP contribution in [0.4, 0.5) is 0 Å². The first kappa shape index (κ1) is 12.7. The van der Waals surface area contributed by atoms with E-state index in [0.717, 1.165) is 0 Å². The van der Waals surface area contributed by atoms with Gasteiger partial charge in [0.1, 0.15) is 0 Å². The number of rotatable bonds is 6. The van der Waals surface area contributed by atoms with Crippen LogP contribution < -0.4 is 0 Å². The SMILES string of the molecule is CCCCC(CCCC)=C(Br)Br. The van der Waals surface area contributed by atoms with Crippen molar-refractivity contribution in [2.45, 2.75) is 52.4 Å². The van der Waals surface area contributed by atoms with Crippen LogP contribution in [0.2, 0.25) is 0 Å². The van der Waals surface area contributed by atoms with Crippen molar-refractivity contribution in [3.05, 3.63) is 8.96 Å². The van der Waals surface area contributed by atoms with Crippen LogP contribution >= 0.6 is 31.9 Å². The summed E-state index contributed by atoms with van der Waals surface area (Å²) in [4.78, 5) is 0. The molecule has 0 rings (SSSR count). The molecule has 0 saturated carbocycles. The van der Waals surface area contributed by atoms with Crippen molar-refractivity contribution < 1.29 is 0 Å². The standard InChI is InChI=1S/C10H18Br2/c1-3-5-7-9(10(11)12)8-6-4-2/h3-8H2,1-2H3. The molecule has 0 saturated heterocycles. The predicted molar refractivity (Wildman–Crippen MR) is 63.9 cm³/mol. The molecule has 0 atom stereocenters. The average Bonchev–Trinajstić information content (AvgIpc) is 2.04. The van der Waals surface area contributed by atoms with Crippen LogP contribution in [0.3, 0.4) is 0 Å². The molecule has 0 fully saturated rings. The first-order valence-corrected chi connectivity index (χ1v) is 6.34. The van der Waals surface area contributed by atoms with Gasteiger partial charge >= 0.3 is 0 Å². The van der Waals surface area contributed by atoms with Crippen LogP contribution in [-0.2, 0) is 0 Å². The van der Waals surface area contributed by atoms with E-state index in [2.05, 4.69) is 45.7 Å². The van der Waals surface area contributed by atoms with Crippen molar-refractivity contribution in [3.63, 3.8) is 0 Å². The zero-order valence-electron chi connectivity index (χ0n) is 8.00. The second-order valence-electron chi connectivity index (χ2n) is 3.07. The molecule has 0 unspecified atom stereocenters. The Morgan fingerprint density at radius 1 is 0.917 bits per heavy atom. The maximum atomic E-state index is 3.50. The number of allylic oxidation sites excluding steroid dienone is 1. The topological polar surface area (TPSA) is 0 Å². The summed E-state index contributed by atoms with van der Waals surface area (Å²) < 4.78 is 1.18. The fourth-order valence-electron chi connectivity index (χ4n) is 1.09. The molecule has 0 aliphatic heterocycles. The summed E-state index contributed by atoms with van der Waals surface area (Å²) in [5, 5.41) is 0. The fraction of sp³-hybridized carbons (Fsp3) is 0.800. The van der Waals surface area contributed by atoms with E-state index in [1.54, 1.807) is 5.57 Å². The third kappa shape index (κ3) is 6.24. The third-order valence-electron chi connectivity index (χ3n) is 1.93. The van der Waals surface area contributed by atoms with Gasteiger partial charge in [-0.2, -0.15) is 0 Å². The molecule has 0 amide bonds. The predicted octanol–water partition coefficient (Wildman–Crippen LogP) is 5.37. The van der Waals surface area contributed by atoms with Crippen molar-refractivity contribution in [2.75, 3.05) is 0 Å². The molecule has 0 aliphatic rings. The second-order valence-corrected chi connectivity index (χ2v) is 5.72. The highest BCUT2D eigenvalue weighted by Gasteiger charge is 2.00. The van der Waals surface area contributed by atoms with E-state index in [-0.39, 0.29) is 0 Å². The Balaban J connectivity index is 3.80. The lowest BCUT2D eigenvalue weighted by Gasteiger charge is -2.06. The molecule has 12 heavy (non-hydrogen) atoms. The Labute approximate surface area is 93.1 Å². The van der Waals surface area contributed by atoms with E-state index >= 15 is 0 Å². The second kappa shape index (κ2) is 8.31. The molecule has 0 radical (unpaired) electrons. The van der Waals surface area contributed by atoms with Crippen molar-refractivity contribution >= 4 is 31.9 Å². The van der Waals surface area contributed by atoms with Gasteiger partial charge in [0.15, 0.2) is 0 Å². The quantitative estimate of drug-likeness (QED) is 0.618. The Morgan fingerprint density at radius 3 is 1.58 bits per heavy atom. The first-order valence-electron chi connectivity index (χ1n) is 4.75. The van der Waals surface area contributed by atoms with Gasteiger partial charge in [-0.05, 0) is 63.1 Å². The van der Waals surface area contributed by atoms with E-state index in [1.807, 2.05) is 0 Å². The zero-order valence-corrected chi connectivity index (χ0v) is 11.2. The van der Waals surface area contributed by atoms with Crippen molar-refractivity contribution in [1.29, 1.82) is 0 Å². The van der Waals surface area contributed by atoms with Gasteiger partial charge in [0, 0.05) is 0 Å². The monoisotopic (exact) mass is 296 g/mol. The van der Waals surface area contributed by atoms with Gasteiger partial charge in [0.05, 0.1) is 3.39 Å². The summed E-state index contributed by atoms with van der Waals surface area (Å²) >= 11 is 7.00. The van der Waals surface area contributed by atoms with E-state index < -0.39 is 0 Å². The minimum Gasteiger partial charge on any atom is -0.0654 e. The van der Waals surface area contributed by atoms with Crippen LogP contribution in [0.1, 0.15) is 52.4 Å². The molecule has 72 valence electrons. The molecule has 0 aromatic heterocycles. The molecule has 0 nitrogen and oxygen atoms in total. The Morgan fingerprint density at radius 2 is 1.33 bits per heavy atom. The van der Waals surface area contributed by atoms with Gasteiger partial charge in [-0.3, -0.25) is 0 Å². The molecule has 0 spiro atoms. The highest BCUT2D eigenvalue weighted by molar-refractivity contribution is 9.28. The largest absolute Gasteiger partial charge is 0.0654 e. The minimum absolute atomic E-state index is 1.18. The summed E-state index contributed by atoms with van der Waals surface area (Å²) in [7, 11) is 0. The summed E-state index contributed by atoms with van der Waals surface area (Å²) in [6.45, 7) is 4.47. The Bertz CT molecular complexity index is 125. The molecule has 0 bridgehead atoms. The molecule has 0 N–H and O–H groups in total. The maximum Gasteiger partial charge on any atom is 0.0596 e. The summed E-state index contributed by atoms with van der Waals surface area (Å²) in [5.41, 5.74) is 1.54. The molecule has 0 aromatic carbocycles. The molecule has 2 heteroatoms. The van der Waals surface area contributed by atoms with Crippen molar-refractivity contribution in [2.24, 2.45) is 0 Å². The number of halogens is 2. The van der Waals surface area contributed by atoms with E-state index in [4.69, 9.17) is 0 Å². The smallest absolute Gasteiger partial charge is 0.0596 e. The normalized spacial score (nSPS) is 10.0. The fourth-order valence-corrected chi connectivity index (χ4v) is 1.89. The van der Waals surface area contributed by atoms with E-state index in [9.17, 15) is 0 Å². The summed E-state index contributed by atoms with van der Waals surface area (Å²) in [6.07, 6.45) is 7.65. The first-order chi connectivity index (χ1) is 5.72. The van der Waals surface area contributed by atoms with Gasteiger partial charge in [0.25, 0.3) is 0 Å². The van der Waals surface area contributed by atoms with Crippen LogP contribution in [0.5, 0.6) is 0 Å². The van der Waals surface area contributed by atoms with Crippen LogP contribution in [0, 0.1) is 0 Å². The Kier molecular flexibility index (Phi) is 8.79. The van der Waals surface area contributed by atoms with Gasteiger partial charge in [-0.15, -0.1) is 0 Å². The molecule has 0 aromatic rings. The van der Waals surface area contributed by atoms with E-state index in [1.165, 1.54) is 41.9 Å². The van der Waals surface area contributed by atoms with Crippen LogP contribution in [0.25, 0.3) is 0 Å². The van der Waals surface area contributed by atoms with Crippen molar-refractivity contribution in [3.8, 4) is 0 Å². The maximum absolute atomic E-state index is 3.50. The number of hydrogen-bond donors (Lipinski definition) is 0. The lowest BCUT2D eigenvalue weighted by atomic mass is 10.1. The lowest BCUT2D eigenvalue weighted by Crippen LogP contribution is -1.85. The minimum atomic E-state index is 1.18. The zero-order chi connectivity index (χ0) is 9.40. The Hall–Kier alpha value is 0.700. The molecule has 0 aliphatic carbocycles. The van der Waals surface area contributed by atoms with Crippen LogP contribution in [0.15, 0.2) is 8.96 Å². The third-order valence-corrected chi connectivity index (χ3v) is 3.05. The van der Waals surface area contributed by atoms with Gasteiger partial charge in [-0.25, -0.2) is 0 Å². The number of unbranched alkanes of at least 4 members (excludes halogenated alkanes) is 2. The average molecular weight is 298 g/mol. The van der Waals surface area contributed by atoms with E-state index in [0.29, 0.717) is 0 Å². The molecular formula is C10H18Br2. The lowest BCUT2D eigenvalue weighted by molar-refractivity contribution is 0.714. The molecule has 0 heterocycles. The van der Waals surface area contributed by atoms with Gasteiger partial charge < -0.3 is 0 Å². The van der Waals surface area contributed by atoms with Crippen LogP contribution in [-0.4, -0.2) is 0 Å². The van der Waals surface area contributed by atoms with Gasteiger partial charge in [-0.1, -0.05) is 26.7 Å². The highest BCUT2D eigenvalue weighted by Crippen LogP contribution is 2.27. The highest BCUT2D eigenvalue weighted by atomic mass is 79.9.